The number of anilines is 1. The van der Waals surface area contributed by atoms with Crippen molar-refractivity contribution in [1.29, 1.82) is 0 Å². The maximum atomic E-state index is 14.9. The van der Waals surface area contributed by atoms with Gasteiger partial charge in [-0.2, -0.15) is 0 Å². The van der Waals surface area contributed by atoms with Crippen LogP contribution in [0.4, 0.5) is 5.69 Å². The van der Waals surface area contributed by atoms with Crippen LogP contribution < -0.4 is 37.2 Å². The van der Waals surface area contributed by atoms with Crippen LogP contribution >= 0.6 is 0 Å². The van der Waals surface area contributed by atoms with E-state index < -0.39 is 100 Å². The van der Waals surface area contributed by atoms with E-state index in [1.54, 1.807) is 17.0 Å². The lowest BCUT2D eigenvalue weighted by atomic mass is 9.82. The molecule has 7 N–H and O–H groups in total. The van der Waals surface area contributed by atoms with Gasteiger partial charge in [0.05, 0.1) is 56.0 Å². The molecule has 2 saturated heterocycles. The number of nitrogens with zero attached hydrogens (tertiary/aromatic N) is 4. The third-order valence-electron chi connectivity index (χ3n) is 15.9. The van der Waals surface area contributed by atoms with Crippen molar-refractivity contribution in [3.8, 4) is 0 Å². The quantitative estimate of drug-likeness (QED) is 0.0423. The van der Waals surface area contributed by atoms with Crippen molar-refractivity contribution in [3.63, 3.8) is 0 Å². The van der Waals surface area contributed by atoms with E-state index in [0.717, 1.165) is 62.2 Å². The Labute approximate surface area is 464 Å². The highest BCUT2D eigenvalue weighted by molar-refractivity contribution is 6.38. The highest BCUT2D eigenvalue weighted by Gasteiger charge is 2.53. The number of rotatable bonds is 25. The molecular formula is C56H75N11O13. The Kier molecular flexibility index (Phi) is 19.4. The first kappa shape index (κ1) is 58.9. The number of fused-ring (bicyclic) bond motifs is 2. The number of likely N-dealkylation sites (tertiary alicyclic amines) is 1. The largest absolute Gasteiger partial charge is 0.382 e. The number of hydrogen-bond donors (Lipinski definition) is 7. The molecule has 7 atom stereocenters. The van der Waals surface area contributed by atoms with E-state index in [-0.39, 0.29) is 105 Å². The summed E-state index contributed by atoms with van der Waals surface area (Å²) in [6.07, 6.45) is 11.2. The molecule has 0 radical (unpaired) electrons. The van der Waals surface area contributed by atoms with Crippen LogP contribution in [0.5, 0.6) is 0 Å². The van der Waals surface area contributed by atoms with E-state index in [1.165, 1.54) is 6.07 Å². The maximum Gasteiger partial charge on any atom is 0.289 e. The fourth-order valence-corrected chi connectivity index (χ4v) is 11.6. The number of ether oxygens (including phenoxy) is 2. The molecule has 432 valence electrons. The van der Waals surface area contributed by atoms with Gasteiger partial charge in [-0.1, -0.05) is 65.9 Å². The molecule has 5 fully saturated rings. The minimum absolute atomic E-state index is 0.0204. The fourth-order valence-electron chi connectivity index (χ4n) is 11.6. The number of aromatic nitrogens is 2. The maximum absolute atomic E-state index is 14.9. The average molecular weight is 1110 g/mol. The van der Waals surface area contributed by atoms with Crippen LogP contribution in [-0.2, 0) is 43.0 Å². The molecule has 10 amide bonds. The number of Topliss-reactive ketones (excluding diaryl/α,β-unsaturated/α-hetero) is 1. The van der Waals surface area contributed by atoms with Crippen LogP contribution in [0.3, 0.4) is 0 Å². The molecule has 8 rings (SSSR count). The van der Waals surface area contributed by atoms with Gasteiger partial charge >= 0.3 is 0 Å². The number of benzene rings is 1. The summed E-state index contributed by atoms with van der Waals surface area (Å²) in [7, 11) is 0. The Bertz CT molecular complexity index is 2700. The molecule has 6 aliphatic rings. The molecule has 80 heavy (non-hydrogen) atoms. The minimum atomic E-state index is -1.11. The number of imide groups is 2. The van der Waals surface area contributed by atoms with Crippen LogP contribution in [0.15, 0.2) is 30.6 Å². The first-order valence-electron chi connectivity index (χ1n) is 28.3. The zero-order valence-electron chi connectivity index (χ0n) is 46.0. The third-order valence-corrected chi connectivity index (χ3v) is 15.9. The number of carbonyl (C=O) groups is 11. The van der Waals surface area contributed by atoms with E-state index in [4.69, 9.17) is 9.47 Å². The summed E-state index contributed by atoms with van der Waals surface area (Å²) in [5, 5.41) is 19.4. The van der Waals surface area contributed by atoms with Crippen molar-refractivity contribution in [3.05, 3.63) is 53.1 Å². The van der Waals surface area contributed by atoms with Crippen LogP contribution in [0.2, 0.25) is 0 Å². The van der Waals surface area contributed by atoms with E-state index in [9.17, 15) is 52.7 Å². The second kappa shape index (κ2) is 26.4. The lowest BCUT2D eigenvalue weighted by Gasteiger charge is -2.38. The molecule has 3 saturated carbocycles. The summed E-state index contributed by atoms with van der Waals surface area (Å²) < 4.78 is 11.2. The SMILES string of the molecule is CCC[C@H](NC(=O)[C@@H]1[C@H]2CCC[C@H]2CN1C(=O)[C@@H](NC(=O)[C@@H](NC(=O)c1cnc(C(=O)NCCOCCOCCNc2cccc3c2C(=O)N(C2CCC(=O)NC2=O)C3=O)cn1)C1CCCCC1)C(C)(C)C)C(=O)C(=O)NC1CC1. The van der Waals surface area contributed by atoms with E-state index in [2.05, 4.69) is 47.2 Å². The zero-order chi connectivity index (χ0) is 57.3. The number of ketones is 1. The third kappa shape index (κ3) is 14.0. The van der Waals surface area contributed by atoms with Crippen molar-refractivity contribution in [2.45, 2.75) is 154 Å². The molecular weight excluding hydrogens is 1030 g/mol. The van der Waals surface area contributed by atoms with Gasteiger partial charge in [-0.15, -0.1) is 0 Å². The average Bonchev–Trinajstić information content (AvgIpc) is 4.00. The summed E-state index contributed by atoms with van der Waals surface area (Å²) >= 11 is 0. The van der Waals surface area contributed by atoms with Gasteiger partial charge in [-0.25, -0.2) is 9.97 Å². The number of hydrogen-bond acceptors (Lipinski definition) is 16. The van der Waals surface area contributed by atoms with Crippen molar-refractivity contribution in [2.75, 3.05) is 51.4 Å². The monoisotopic (exact) mass is 1110 g/mol. The van der Waals surface area contributed by atoms with Gasteiger partial charge in [0.1, 0.15) is 35.6 Å². The topological polar surface area (TPSA) is 323 Å². The van der Waals surface area contributed by atoms with E-state index in [0.29, 0.717) is 37.9 Å². The Morgan fingerprint density at radius 2 is 1.48 bits per heavy atom. The van der Waals surface area contributed by atoms with Crippen molar-refractivity contribution in [2.24, 2.45) is 23.2 Å². The highest BCUT2D eigenvalue weighted by Crippen LogP contribution is 2.43. The Morgan fingerprint density at radius 3 is 2.14 bits per heavy atom. The predicted octanol–water partition coefficient (Wildman–Crippen LogP) is 1.72. The minimum Gasteiger partial charge on any atom is -0.382 e. The summed E-state index contributed by atoms with van der Waals surface area (Å²) in [6, 6.07) is -0.425. The molecule has 0 spiro atoms. The summed E-state index contributed by atoms with van der Waals surface area (Å²) in [5.41, 5.74) is -0.319. The molecule has 1 unspecified atom stereocenters. The second-order valence-electron chi connectivity index (χ2n) is 22.8. The molecule has 0 bridgehead atoms. The normalized spacial score (nSPS) is 22.1. The number of carbonyl (C=O) groups excluding carboxylic acids is 11. The fraction of sp³-hybridized carbons (Fsp3) is 0.625. The van der Waals surface area contributed by atoms with Gasteiger partial charge in [0, 0.05) is 37.8 Å². The van der Waals surface area contributed by atoms with Crippen LogP contribution in [-0.4, -0.2) is 167 Å². The van der Waals surface area contributed by atoms with Gasteiger partial charge in [-0.05, 0) is 86.7 Å². The molecule has 3 aliphatic carbocycles. The number of nitrogens with one attached hydrogen (secondary N) is 7. The van der Waals surface area contributed by atoms with E-state index >= 15 is 0 Å². The molecule has 24 nitrogen and oxygen atoms in total. The van der Waals surface area contributed by atoms with Gasteiger partial charge in [0.2, 0.25) is 35.3 Å². The molecule has 1 aromatic carbocycles. The van der Waals surface area contributed by atoms with Gasteiger partial charge in [0.25, 0.3) is 29.5 Å². The molecule has 4 heterocycles. The Hall–Kier alpha value is -7.21. The first-order valence-corrected chi connectivity index (χ1v) is 28.3. The molecule has 1 aromatic heterocycles. The lowest BCUT2D eigenvalue weighted by molar-refractivity contribution is -0.146. The number of amides is 10. The summed E-state index contributed by atoms with van der Waals surface area (Å²) in [4.78, 5) is 158. The summed E-state index contributed by atoms with van der Waals surface area (Å²) in [5.74, 6) is -6.91. The summed E-state index contributed by atoms with van der Waals surface area (Å²) in [6.45, 7) is 8.81. The lowest BCUT2D eigenvalue weighted by Crippen LogP contribution is -2.62. The number of piperidine rings is 1. The van der Waals surface area contributed by atoms with Crippen LogP contribution in [0.1, 0.15) is 159 Å². The smallest absolute Gasteiger partial charge is 0.289 e. The van der Waals surface area contributed by atoms with Gasteiger partial charge < -0.3 is 46.3 Å². The van der Waals surface area contributed by atoms with Crippen molar-refractivity contribution in [1.82, 2.24) is 51.7 Å². The highest BCUT2D eigenvalue weighted by atomic mass is 16.5. The zero-order valence-corrected chi connectivity index (χ0v) is 46.0. The molecule has 2 aromatic rings. The Morgan fingerprint density at radius 1 is 0.775 bits per heavy atom. The van der Waals surface area contributed by atoms with Gasteiger partial charge in [0.15, 0.2) is 0 Å². The van der Waals surface area contributed by atoms with E-state index in [1.807, 2.05) is 27.7 Å². The van der Waals surface area contributed by atoms with Crippen LogP contribution in [0.25, 0.3) is 0 Å². The Balaban J connectivity index is 0.794. The molecule has 3 aliphatic heterocycles. The predicted molar refractivity (Wildman–Crippen MR) is 286 cm³/mol. The van der Waals surface area contributed by atoms with Gasteiger partial charge in [-0.3, -0.25) is 63.0 Å². The molecule has 24 heteroatoms. The van der Waals surface area contributed by atoms with Crippen LogP contribution in [0, 0.1) is 23.2 Å². The first-order chi connectivity index (χ1) is 38.4. The second-order valence-corrected chi connectivity index (χ2v) is 22.8. The van der Waals surface area contributed by atoms with Crippen molar-refractivity contribution >= 4 is 70.5 Å². The van der Waals surface area contributed by atoms with Crippen molar-refractivity contribution < 1.29 is 62.2 Å². The standard InChI is InChI=1S/C56H75N11O13/c1-5-11-37(45(69)52(75)61-33-18-19-33)62-51(74)44-34-15-9-14-32(34)30-66(44)55(78)46(56(2,3)4)65-50(73)43(31-12-7-6-8-13-31)64-48(71)39-29-59-38(28-60-39)47(70)58-23-25-80-27-26-79-24-22-57-36-17-10-16-35-42(36)54(77)67(53(35)76)40-20-21-41(68)63-49(40)72/h10,16-17,28-29,31-34,37,40,43-44,46,57H,5-9,11-15,18-27,30H2,1-4H3,(H,58,70)(H,61,75)(H,62,74)(H,64,71)(H,65,73)(H,63,68,72)/t32-,34-,37-,40?,43-,44-,46+/m0/s1.